The van der Waals surface area contributed by atoms with Crippen LogP contribution in [0.5, 0.6) is 0 Å². The molecule has 1 heterocycles. The van der Waals surface area contributed by atoms with Gasteiger partial charge in [-0.1, -0.05) is 25.6 Å². The first-order valence-electron chi connectivity index (χ1n) is 9.95. The van der Waals surface area contributed by atoms with Gasteiger partial charge in [-0.3, -0.25) is 4.79 Å². The molecule has 3 N–H and O–H groups in total. The summed E-state index contributed by atoms with van der Waals surface area (Å²) in [7, 11) is 0. The molecule has 9 heteroatoms. The van der Waals surface area contributed by atoms with Crippen molar-refractivity contribution in [1.82, 2.24) is 30.7 Å². The topological polar surface area (TPSA) is 96.2 Å². The van der Waals surface area contributed by atoms with Crippen molar-refractivity contribution in [3.05, 3.63) is 5.82 Å². The fourth-order valence-electron chi connectivity index (χ4n) is 2.61. The standard InChI is InChI=1S/C19H37N7OS/c1-8-20-17(22-12-16(27)23-19(4,5)6)21-11-9-10-15-24-25-18(28-7)26(15)13-14(2)3/h14H,8-13H2,1-7H3,(H,23,27)(H2,20,21,22). The van der Waals surface area contributed by atoms with E-state index >= 15 is 0 Å². The number of aliphatic imine (C=N–C) groups is 1. The summed E-state index contributed by atoms with van der Waals surface area (Å²) in [5.74, 6) is 2.13. The van der Waals surface area contributed by atoms with Gasteiger partial charge in [-0.2, -0.15) is 0 Å². The predicted molar refractivity (Wildman–Crippen MR) is 117 cm³/mol. The van der Waals surface area contributed by atoms with Crippen molar-refractivity contribution < 1.29 is 4.79 Å². The SMILES string of the molecule is CCNC(=NCC(=O)NC(C)(C)C)NCCCc1nnc(SC)n1CC(C)C. The minimum Gasteiger partial charge on any atom is -0.357 e. The summed E-state index contributed by atoms with van der Waals surface area (Å²) in [6.45, 7) is 14.8. The maximum absolute atomic E-state index is 11.9. The maximum Gasteiger partial charge on any atom is 0.242 e. The Morgan fingerprint density at radius 2 is 1.96 bits per heavy atom. The Balaban J connectivity index is 2.54. The molecule has 0 fully saturated rings. The highest BCUT2D eigenvalue weighted by atomic mass is 32.2. The first kappa shape index (κ1) is 24.3. The molecule has 0 aliphatic carbocycles. The fourth-order valence-corrected chi connectivity index (χ4v) is 3.13. The van der Waals surface area contributed by atoms with E-state index in [1.807, 2.05) is 34.0 Å². The molecule has 160 valence electrons. The molecule has 0 unspecified atom stereocenters. The normalized spacial score (nSPS) is 12.4. The molecular formula is C19H37N7OS. The lowest BCUT2D eigenvalue weighted by molar-refractivity contribution is -0.121. The van der Waals surface area contributed by atoms with Gasteiger partial charge in [-0.05, 0) is 46.3 Å². The number of hydrogen-bond donors (Lipinski definition) is 3. The number of amides is 1. The van der Waals surface area contributed by atoms with Crippen LogP contribution in [0.1, 0.15) is 53.8 Å². The molecule has 0 aromatic carbocycles. The molecule has 1 aromatic heterocycles. The highest BCUT2D eigenvalue weighted by Gasteiger charge is 2.14. The molecule has 0 atom stereocenters. The lowest BCUT2D eigenvalue weighted by Crippen LogP contribution is -2.43. The molecule has 0 aliphatic heterocycles. The molecule has 0 bridgehead atoms. The number of rotatable bonds is 10. The molecule has 1 aromatic rings. The van der Waals surface area contributed by atoms with Crippen LogP contribution >= 0.6 is 11.8 Å². The lowest BCUT2D eigenvalue weighted by Gasteiger charge is -2.20. The van der Waals surface area contributed by atoms with Crippen LogP contribution in [0.25, 0.3) is 0 Å². The summed E-state index contributed by atoms with van der Waals surface area (Å²) in [5.41, 5.74) is -0.250. The van der Waals surface area contributed by atoms with Gasteiger partial charge in [0, 0.05) is 31.6 Å². The largest absolute Gasteiger partial charge is 0.357 e. The smallest absolute Gasteiger partial charge is 0.242 e. The number of carbonyl (C=O) groups is 1. The highest BCUT2D eigenvalue weighted by molar-refractivity contribution is 7.98. The van der Waals surface area contributed by atoms with E-state index in [0.29, 0.717) is 11.9 Å². The summed E-state index contributed by atoms with van der Waals surface area (Å²) in [4.78, 5) is 16.3. The molecule has 8 nitrogen and oxygen atoms in total. The molecular weight excluding hydrogens is 374 g/mol. The predicted octanol–water partition coefficient (Wildman–Crippen LogP) is 2.06. The Kier molecular flexibility index (Phi) is 10.3. The van der Waals surface area contributed by atoms with Gasteiger partial charge >= 0.3 is 0 Å². The van der Waals surface area contributed by atoms with Gasteiger partial charge in [0.1, 0.15) is 12.4 Å². The molecule has 0 radical (unpaired) electrons. The van der Waals surface area contributed by atoms with Crippen molar-refractivity contribution in [2.24, 2.45) is 10.9 Å². The van der Waals surface area contributed by atoms with E-state index in [2.05, 4.69) is 49.6 Å². The van der Waals surface area contributed by atoms with Crippen molar-refractivity contribution in [2.45, 2.75) is 71.6 Å². The van der Waals surface area contributed by atoms with Gasteiger partial charge in [-0.25, -0.2) is 4.99 Å². The van der Waals surface area contributed by atoms with Gasteiger partial charge in [0.05, 0.1) is 0 Å². The Labute approximate surface area is 173 Å². The number of carbonyl (C=O) groups excluding carboxylic acids is 1. The van der Waals surface area contributed by atoms with Crippen molar-refractivity contribution in [3.8, 4) is 0 Å². The fraction of sp³-hybridized carbons (Fsp3) is 0.789. The van der Waals surface area contributed by atoms with E-state index in [0.717, 1.165) is 43.5 Å². The third-order valence-electron chi connectivity index (χ3n) is 3.63. The Morgan fingerprint density at radius 1 is 1.25 bits per heavy atom. The van der Waals surface area contributed by atoms with Gasteiger partial charge in [0.25, 0.3) is 0 Å². The third kappa shape index (κ3) is 9.43. The van der Waals surface area contributed by atoms with Crippen LogP contribution in [0, 0.1) is 5.92 Å². The molecule has 0 spiro atoms. The highest BCUT2D eigenvalue weighted by Crippen LogP contribution is 2.16. The van der Waals surface area contributed by atoms with Crippen LogP contribution in [0.2, 0.25) is 0 Å². The number of thioether (sulfide) groups is 1. The van der Waals surface area contributed by atoms with Gasteiger partial charge in [-0.15, -0.1) is 10.2 Å². The van der Waals surface area contributed by atoms with Crippen molar-refractivity contribution in [1.29, 1.82) is 0 Å². The first-order valence-corrected chi connectivity index (χ1v) is 11.2. The number of nitrogens with zero attached hydrogens (tertiary/aromatic N) is 4. The Bertz CT molecular complexity index is 635. The van der Waals surface area contributed by atoms with Crippen LogP contribution in [-0.2, 0) is 17.8 Å². The molecule has 28 heavy (non-hydrogen) atoms. The minimum atomic E-state index is -0.250. The Morgan fingerprint density at radius 3 is 2.54 bits per heavy atom. The number of aryl methyl sites for hydroxylation is 1. The number of hydrogen-bond acceptors (Lipinski definition) is 5. The molecule has 1 rings (SSSR count). The minimum absolute atomic E-state index is 0.0870. The summed E-state index contributed by atoms with van der Waals surface area (Å²) < 4.78 is 2.21. The summed E-state index contributed by atoms with van der Waals surface area (Å²) >= 11 is 1.63. The second-order valence-electron chi connectivity index (χ2n) is 8.13. The van der Waals surface area contributed by atoms with E-state index in [4.69, 9.17) is 0 Å². The van der Waals surface area contributed by atoms with E-state index in [-0.39, 0.29) is 18.0 Å². The zero-order valence-electron chi connectivity index (χ0n) is 18.4. The summed E-state index contributed by atoms with van der Waals surface area (Å²) in [5, 5.41) is 19.0. The zero-order valence-corrected chi connectivity index (χ0v) is 19.2. The monoisotopic (exact) mass is 411 g/mol. The van der Waals surface area contributed by atoms with Crippen molar-refractivity contribution >= 4 is 23.6 Å². The maximum atomic E-state index is 11.9. The van der Waals surface area contributed by atoms with Crippen LogP contribution in [0.4, 0.5) is 0 Å². The van der Waals surface area contributed by atoms with Gasteiger partial charge in [0.2, 0.25) is 5.91 Å². The third-order valence-corrected chi connectivity index (χ3v) is 4.30. The van der Waals surface area contributed by atoms with Crippen molar-refractivity contribution in [3.63, 3.8) is 0 Å². The van der Waals surface area contributed by atoms with E-state index in [1.165, 1.54) is 0 Å². The second kappa shape index (κ2) is 11.9. The molecule has 0 saturated carbocycles. The van der Waals surface area contributed by atoms with Crippen LogP contribution < -0.4 is 16.0 Å². The van der Waals surface area contributed by atoms with E-state index < -0.39 is 0 Å². The van der Waals surface area contributed by atoms with Crippen LogP contribution in [0.3, 0.4) is 0 Å². The summed E-state index contributed by atoms with van der Waals surface area (Å²) in [6, 6.07) is 0. The van der Waals surface area contributed by atoms with Gasteiger partial charge < -0.3 is 20.5 Å². The number of aromatic nitrogens is 3. The first-order chi connectivity index (χ1) is 13.2. The van der Waals surface area contributed by atoms with Crippen LogP contribution in [0.15, 0.2) is 10.1 Å². The molecule has 1 amide bonds. The molecule has 0 saturated heterocycles. The average molecular weight is 412 g/mol. The van der Waals surface area contributed by atoms with E-state index in [1.54, 1.807) is 11.8 Å². The average Bonchev–Trinajstić information content (AvgIpc) is 2.96. The van der Waals surface area contributed by atoms with Gasteiger partial charge in [0.15, 0.2) is 11.1 Å². The number of guanidine groups is 1. The van der Waals surface area contributed by atoms with E-state index in [9.17, 15) is 4.79 Å². The van der Waals surface area contributed by atoms with Crippen LogP contribution in [-0.4, -0.2) is 58.1 Å². The summed E-state index contributed by atoms with van der Waals surface area (Å²) in [6.07, 6.45) is 3.78. The molecule has 0 aliphatic rings. The van der Waals surface area contributed by atoms with Crippen molar-refractivity contribution in [2.75, 3.05) is 25.9 Å². The zero-order chi connectivity index (χ0) is 21.2. The quantitative estimate of drug-likeness (QED) is 0.236. The lowest BCUT2D eigenvalue weighted by atomic mass is 10.1. The number of nitrogens with one attached hydrogen (secondary N) is 3. The Hall–Kier alpha value is -1.77. The second-order valence-corrected chi connectivity index (χ2v) is 8.90.